The second kappa shape index (κ2) is 3.72. The molecule has 1 saturated carbocycles. The third-order valence-electron chi connectivity index (χ3n) is 2.02. The molecule has 13 heavy (non-hydrogen) atoms. The lowest BCUT2D eigenvalue weighted by Gasteiger charge is -2.03. The number of hydrogen-bond acceptors (Lipinski definition) is 2. The van der Waals surface area contributed by atoms with E-state index in [0.717, 1.165) is 0 Å². The van der Waals surface area contributed by atoms with Gasteiger partial charge in [-0.25, -0.2) is 4.39 Å². The van der Waals surface area contributed by atoms with Gasteiger partial charge >= 0.3 is 0 Å². The first kappa shape index (κ1) is 9.09. The fraction of sp³-hybridized carbons (Fsp3) is 0.444. The molecule has 1 fully saturated rings. The monoisotopic (exact) mass is 244 g/mol. The number of halogens is 2. The van der Waals surface area contributed by atoms with Gasteiger partial charge in [0.05, 0.1) is 5.69 Å². The molecule has 1 heterocycles. The number of pyridine rings is 1. The van der Waals surface area contributed by atoms with E-state index in [1.807, 2.05) is 0 Å². The van der Waals surface area contributed by atoms with Gasteiger partial charge in [0.15, 0.2) is 0 Å². The maximum Gasteiger partial charge on any atom is 0.147 e. The van der Waals surface area contributed by atoms with Gasteiger partial charge in [0.2, 0.25) is 0 Å². The van der Waals surface area contributed by atoms with Gasteiger partial charge in [-0.15, -0.1) is 0 Å². The summed E-state index contributed by atoms with van der Waals surface area (Å²) in [6.45, 7) is 0.532. The van der Waals surface area contributed by atoms with Crippen molar-refractivity contribution in [3.05, 3.63) is 28.2 Å². The van der Waals surface area contributed by atoms with Gasteiger partial charge < -0.3 is 5.32 Å². The Morgan fingerprint density at radius 2 is 2.38 bits per heavy atom. The van der Waals surface area contributed by atoms with Crippen LogP contribution in [-0.4, -0.2) is 11.0 Å². The quantitative estimate of drug-likeness (QED) is 0.883. The topological polar surface area (TPSA) is 24.9 Å². The number of aromatic nitrogens is 1. The zero-order valence-electron chi connectivity index (χ0n) is 7.06. The summed E-state index contributed by atoms with van der Waals surface area (Å²) in [6, 6.07) is 2.03. The SMILES string of the molecule is Fc1cc(Br)cnc1CNC1CC1. The molecule has 0 aromatic carbocycles. The lowest BCUT2D eigenvalue weighted by Crippen LogP contribution is -2.17. The lowest BCUT2D eigenvalue weighted by atomic mass is 10.3. The van der Waals surface area contributed by atoms with Crippen molar-refractivity contribution in [1.82, 2.24) is 10.3 Å². The van der Waals surface area contributed by atoms with Crippen LogP contribution in [-0.2, 0) is 6.54 Å². The van der Waals surface area contributed by atoms with Crippen molar-refractivity contribution in [1.29, 1.82) is 0 Å². The van der Waals surface area contributed by atoms with Crippen LogP contribution in [0.3, 0.4) is 0 Å². The van der Waals surface area contributed by atoms with Crippen molar-refractivity contribution in [2.45, 2.75) is 25.4 Å². The normalized spacial score (nSPS) is 16.2. The van der Waals surface area contributed by atoms with E-state index in [1.54, 1.807) is 6.20 Å². The van der Waals surface area contributed by atoms with E-state index < -0.39 is 0 Å². The molecule has 0 aliphatic heterocycles. The Bertz CT molecular complexity index is 312. The highest BCUT2D eigenvalue weighted by molar-refractivity contribution is 9.10. The average molecular weight is 245 g/mol. The lowest BCUT2D eigenvalue weighted by molar-refractivity contribution is 0.572. The van der Waals surface area contributed by atoms with E-state index in [9.17, 15) is 4.39 Å². The Morgan fingerprint density at radius 3 is 3.00 bits per heavy atom. The number of hydrogen-bond donors (Lipinski definition) is 1. The summed E-state index contributed by atoms with van der Waals surface area (Å²) in [6.07, 6.45) is 4.03. The van der Waals surface area contributed by atoms with E-state index in [0.29, 0.717) is 22.8 Å². The predicted molar refractivity (Wildman–Crippen MR) is 51.8 cm³/mol. The van der Waals surface area contributed by atoms with Crippen molar-refractivity contribution >= 4 is 15.9 Å². The molecule has 0 bridgehead atoms. The van der Waals surface area contributed by atoms with Crippen molar-refractivity contribution in [3.8, 4) is 0 Å². The summed E-state index contributed by atoms with van der Waals surface area (Å²) in [5, 5.41) is 3.22. The van der Waals surface area contributed by atoms with Gasteiger partial charge in [0, 0.05) is 23.3 Å². The standard InChI is InChI=1S/C9H10BrFN2/c10-6-3-8(11)9(13-4-6)5-12-7-1-2-7/h3-4,7,12H,1-2,5H2. The predicted octanol–water partition coefficient (Wildman–Crippen LogP) is 2.24. The highest BCUT2D eigenvalue weighted by atomic mass is 79.9. The summed E-state index contributed by atoms with van der Waals surface area (Å²) in [4.78, 5) is 3.99. The zero-order valence-corrected chi connectivity index (χ0v) is 8.64. The molecule has 1 aromatic rings. The second-order valence-corrected chi connectivity index (χ2v) is 4.15. The van der Waals surface area contributed by atoms with Crippen LogP contribution in [0.2, 0.25) is 0 Å². The molecule has 2 nitrogen and oxygen atoms in total. The Hall–Kier alpha value is -0.480. The van der Waals surface area contributed by atoms with Crippen LogP contribution >= 0.6 is 15.9 Å². The maximum atomic E-state index is 13.2. The van der Waals surface area contributed by atoms with Crippen LogP contribution in [0.5, 0.6) is 0 Å². The van der Waals surface area contributed by atoms with Crippen LogP contribution in [0.25, 0.3) is 0 Å². The summed E-state index contributed by atoms with van der Waals surface area (Å²) in [5.41, 5.74) is 0.495. The molecule has 0 amide bonds. The fourth-order valence-corrected chi connectivity index (χ4v) is 1.40. The molecule has 1 aromatic heterocycles. The Morgan fingerprint density at radius 1 is 1.62 bits per heavy atom. The van der Waals surface area contributed by atoms with E-state index in [1.165, 1.54) is 18.9 Å². The minimum Gasteiger partial charge on any atom is -0.308 e. The molecular formula is C9H10BrFN2. The molecule has 2 rings (SSSR count). The van der Waals surface area contributed by atoms with E-state index in [-0.39, 0.29) is 5.82 Å². The third-order valence-corrected chi connectivity index (χ3v) is 2.45. The summed E-state index contributed by atoms with van der Waals surface area (Å²) < 4.78 is 13.9. The molecule has 0 unspecified atom stereocenters. The molecule has 70 valence electrons. The van der Waals surface area contributed by atoms with Crippen LogP contribution in [0.15, 0.2) is 16.7 Å². The van der Waals surface area contributed by atoms with Crippen LogP contribution in [0, 0.1) is 5.82 Å². The van der Waals surface area contributed by atoms with Gasteiger partial charge in [-0.1, -0.05) is 0 Å². The molecule has 0 saturated heterocycles. The largest absolute Gasteiger partial charge is 0.308 e. The molecular weight excluding hydrogens is 235 g/mol. The Labute approximate surface area is 84.7 Å². The molecule has 0 atom stereocenters. The van der Waals surface area contributed by atoms with Crippen molar-refractivity contribution < 1.29 is 4.39 Å². The van der Waals surface area contributed by atoms with Crippen molar-refractivity contribution in [2.24, 2.45) is 0 Å². The summed E-state index contributed by atoms with van der Waals surface area (Å²) >= 11 is 3.17. The van der Waals surface area contributed by atoms with Gasteiger partial charge in [0.25, 0.3) is 0 Å². The van der Waals surface area contributed by atoms with E-state index >= 15 is 0 Å². The number of nitrogens with zero attached hydrogens (tertiary/aromatic N) is 1. The van der Waals surface area contributed by atoms with Crippen LogP contribution in [0.4, 0.5) is 4.39 Å². The zero-order chi connectivity index (χ0) is 9.26. The van der Waals surface area contributed by atoms with Gasteiger partial charge in [-0.2, -0.15) is 0 Å². The van der Waals surface area contributed by atoms with Crippen LogP contribution < -0.4 is 5.32 Å². The first-order chi connectivity index (χ1) is 6.25. The van der Waals surface area contributed by atoms with Gasteiger partial charge in [-0.3, -0.25) is 4.98 Å². The Balaban J connectivity index is 2.01. The smallest absolute Gasteiger partial charge is 0.147 e. The first-order valence-electron chi connectivity index (χ1n) is 4.29. The number of nitrogens with one attached hydrogen (secondary N) is 1. The first-order valence-corrected chi connectivity index (χ1v) is 5.08. The van der Waals surface area contributed by atoms with Gasteiger partial charge in [-0.05, 0) is 34.8 Å². The Kier molecular flexibility index (Phi) is 2.60. The fourth-order valence-electron chi connectivity index (χ4n) is 1.10. The average Bonchev–Trinajstić information content (AvgIpc) is 2.86. The highest BCUT2D eigenvalue weighted by Crippen LogP contribution is 2.19. The van der Waals surface area contributed by atoms with Gasteiger partial charge in [0.1, 0.15) is 5.82 Å². The van der Waals surface area contributed by atoms with Crippen LogP contribution in [0.1, 0.15) is 18.5 Å². The van der Waals surface area contributed by atoms with E-state index in [2.05, 4.69) is 26.2 Å². The third kappa shape index (κ3) is 2.48. The molecule has 0 radical (unpaired) electrons. The van der Waals surface area contributed by atoms with Crippen molar-refractivity contribution in [2.75, 3.05) is 0 Å². The summed E-state index contributed by atoms with van der Waals surface area (Å²) in [5.74, 6) is -0.248. The highest BCUT2D eigenvalue weighted by Gasteiger charge is 2.20. The second-order valence-electron chi connectivity index (χ2n) is 3.24. The van der Waals surface area contributed by atoms with E-state index in [4.69, 9.17) is 0 Å². The van der Waals surface area contributed by atoms with Crippen molar-refractivity contribution in [3.63, 3.8) is 0 Å². The minimum absolute atomic E-state index is 0.248. The molecule has 1 aliphatic carbocycles. The molecule has 1 N–H and O–H groups in total. The molecule has 4 heteroatoms. The molecule has 1 aliphatic rings. The summed E-state index contributed by atoms with van der Waals surface area (Å²) in [7, 11) is 0. The minimum atomic E-state index is -0.248. The number of rotatable bonds is 3. The molecule has 0 spiro atoms. The maximum absolute atomic E-state index is 13.2.